The van der Waals surface area contributed by atoms with E-state index >= 15 is 0 Å². The average Bonchev–Trinajstić information content (AvgIpc) is 2.65. The molecule has 1 aromatic rings. The van der Waals surface area contributed by atoms with Gasteiger partial charge in [0.15, 0.2) is 5.82 Å². The largest absolute Gasteiger partial charge is 0.465 e. The van der Waals surface area contributed by atoms with Crippen molar-refractivity contribution in [3.63, 3.8) is 0 Å². The van der Waals surface area contributed by atoms with Crippen molar-refractivity contribution >= 4 is 5.97 Å². The van der Waals surface area contributed by atoms with Crippen molar-refractivity contribution in [3.05, 3.63) is 11.7 Å². The molecule has 5 nitrogen and oxygen atoms in total. The topological polar surface area (TPSA) is 65.2 Å². The van der Waals surface area contributed by atoms with E-state index in [0.29, 0.717) is 24.2 Å². The highest BCUT2D eigenvalue weighted by atomic mass is 16.5. The summed E-state index contributed by atoms with van der Waals surface area (Å²) in [5.41, 5.74) is 0. The summed E-state index contributed by atoms with van der Waals surface area (Å²) in [7, 11) is 0. The average molecular weight is 254 g/mol. The monoisotopic (exact) mass is 254 g/mol. The molecule has 1 unspecified atom stereocenters. The van der Waals surface area contributed by atoms with Crippen molar-refractivity contribution < 1.29 is 14.1 Å². The fourth-order valence-electron chi connectivity index (χ4n) is 1.73. The summed E-state index contributed by atoms with van der Waals surface area (Å²) in [6.45, 7) is 10.2. The van der Waals surface area contributed by atoms with Gasteiger partial charge in [-0.05, 0) is 18.8 Å². The zero-order chi connectivity index (χ0) is 13.7. The van der Waals surface area contributed by atoms with Crippen molar-refractivity contribution in [2.24, 2.45) is 11.8 Å². The van der Waals surface area contributed by atoms with Gasteiger partial charge in [-0.15, -0.1) is 0 Å². The number of carbonyl (C=O) groups is 1. The van der Waals surface area contributed by atoms with Gasteiger partial charge < -0.3 is 9.26 Å². The van der Waals surface area contributed by atoms with Gasteiger partial charge in [-0.25, -0.2) is 0 Å². The fraction of sp³-hybridized carbons (Fsp3) is 0.769. The van der Waals surface area contributed by atoms with Crippen LogP contribution in [0.2, 0.25) is 0 Å². The van der Waals surface area contributed by atoms with Crippen LogP contribution in [-0.2, 0) is 16.0 Å². The van der Waals surface area contributed by atoms with Gasteiger partial charge in [0.25, 0.3) is 0 Å². The molecule has 1 aromatic heterocycles. The SMILES string of the molecule is CCOC(=O)C(c1nc(CC(C)C)no1)C(C)C. The molecule has 0 saturated heterocycles. The highest BCUT2D eigenvalue weighted by molar-refractivity contribution is 5.77. The van der Waals surface area contributed by atoms with Crippen molar-refractivity contribution in [2.45, 2.75) is 47.0 Å². The summed E-state index contributed by atoms with van der Waals surface area (Å²) >= 11 is 0. The number of ether oxygens (including phenoxy) is 1. The summed E-state index contributed by atoms with van der Waals surface area (Å²) in [4.78, 5) is 16.2. The summed E-state index contributed by atoms with van der Waals surface area (Å²) in [5.74, 6) is 0.756. The Bertz CT molecular complexity index is 385. The van der Waals surface area contributed by atoms with Crippen LogP contribution in [-0.4, -0.2) is 22.7 Å². The zero-order valence-corrected chi connectivity index (χ0v) is 11.8. The molecule has 1 atom stereocenters. The minimum atomic E-state index is -0.474. The van der Waals surface area contributed by atoms with Crippen LogP contribution in [0, 0.1) is 11.8 Å². The number of nitrogens with zero attached hydrogens (tertiary/aromatic N) is 2. The summed E-state index contributed by atoms with van der Waals surface area (Å²) < 4.78 is 10.2. The number of esters is 1. The Morgan fingerprint density at radius 2 is 2.00 bits per heavy atom. The molecule has 1 rings (SSSR count). The summed E-state index contributed by atoms with van der Waals surface area (Å²) in [6.07, 6.45) is 0.747. The van der Waals surface area contributed by atoms with Gasteiger partial charge in [-0.3, -0.25) is 4.79 Å². The first-order valence-corrected chi connectivity index (χ1v) is 6.44. The van der Waals surface area contributed by atoms with Gasteiger partial charge >= 0.3 is 5.97 Å². The second-order valence-electron chi connectivity index (χ2n) is 5.12. The van der Waals surface area contributed by atoms with Gasteiger partial charge in [-0.1, -0.05) is 32.9 Å². The molecule has 0 aliphatic heterocycles. The van der Waals surface area contributed by atoms with Crippen LogP contribution in [0.25, 0.3) is 0 Å². The summed E-state index contributed by atoms with van der Waals surface area (Å²) in [6, 6.07) is 0. The van der Waals surface area contributed by atoms with E-state index in [-0.39, 0.29) is 11.9 Å². The number of aromatic nitrogens is 2. The molecule has 0 bridgehead atoms. The molecule has 0 aliphatic rings. The molecule has 1 heterocycles. The van der Waals surface area contributed by atoms with E-state index in [4.69, 9.17) is 9.26 Å². The first-order chi connectivity index (χ1) is 8.45. The Morgan fingerprint density at radius 3 is 2.50 bits per heavy atom. The second kappa shape index (κ2) is 6.52. The van der Waals surface area contributed by atoms with E-state index in [9.17, 15) is 4.79 Å². The molecule has 18 heavy (non-hydrogen) atoms. The van der Waals surface area contributed by atoms with Crippen LogP contribution < -0.4 is 0 Å². The molecule has 0 fully saturated rings. The number of carbonyl (C=O) groups excluding carboxylic acids is 1. The lowest BCUT2D eigenvalue weighted by Crippen LogP contribution is -2.21. The normalized spacial score (nSPS) is 13.1. The van der Waals surface area contributed by atoms with Crippen LogP contribution >= 0.6 is 0 Å². The molecule has 0 spiro atoms. The molecular formula is C13H22N2O3. The third-order valence-electron chi connectivity index (χ3n) is 2.55. The molecule has 5 heteroatoms. The van der Waals surface area contributed by atoms with Crippen molar-refractivity contribution in [2.75, 3.05) is 6.61 Å². The van der Waals surface area contributed by atoms with E-state index in [0.717, 1.165) is 6.42 Å². The van der Waals surface area contributed by atoms with E-state index in [1.807, 2.05) is 13.8 Å². The molecule has 0 saturated carbocycles. The first-order valence-electron chi connectivity index (χ1n) is 6.44. The molecule has 0 amide bonds. The molecule has 0 aliphatic carbocycles. The molecular weight excluding hydrogens is 232 g/mol. The van der Waals surface area contributed by atoms with Crippen LogP contribution in [0.1, 0.15) is 52.3 Å². The van der Waals surface area contributed by atoms with E-state index < -0.39 is 5.92 Å². The standard InChI is InChI=1S/C13H22N2O3/c1-6-17-13(16)11(9(4)5)12-14-10(15-18-12)7-8(2)3/h8-9,11H,6-7H2,1-5H3. The molecule has 102 valence electrons. The Kier molecular flexibility index (Phi) is 5.31. The Hall–Kier alpha value is -1.39. The highest BCUT2D eigenvalue weighted by Gasteiger charge is 2.31. The predicted octanol–water partition coefficient (Wildman–Crippen LogP) is 2.57. The molecule has 0 N–H and O–H groups in total. The van der Waals surface area contributed by atoms with Crippen molar-refractivity contribution in [1.82, 2.24) is 10.1 Å². The fourth-order valence-corrected chi connectivity index (χ4v) is 1.73. The molecule has 0 radical (unpaired) electrons. The van der Waals surface area contributed by atoms with Gasteiger partial charge in [0, 0.05) is 6.42 Å². The Balaban J connectivity index is 2.86. The van der Waals surface area contributed by atoms with Gasteiger partial charge in [0.05, 0.1) is 6.61 Å². The van der Waals surface area contributed by atoms with Crippen molar-refractivity contribution in [3.8, 4) is 0 Å². The maximum atomic E-state index is 11.9. The number of hydrogen-bond donors (Lipinski definition) is 0. The van der Waals surface area contributed by atoms with E-state index in [1.54, 1.807) is 6.92 Å². The van der Waals surface area contributed by atoms with Gasteiger partial charge in [-0.2, -0.15) is 4.98 Å². The van der Waals surface area contributed by atoms with Crippen LogP contribution in [0.3, 0.4) is 0 Å². The highest BCUT2D eigenvalue weighted by Crippen LogP contribution is 2.24. The van der Waals surface area contributed by atoms with Crippen LogP contribution in [0.4, 0.5) is 0 Å². The lowest BCUT2D eigenvalue weighted by molar-refractivity contribution is -0.146. The number of rotatable bonds is 6. The minimum Gasteiger partial charge on any atom is -0.465 e. The van der Waals surface area contributed by atoms with Crippen LogP contribution in [0.5, 0.6) is 0 Å². The van der Waals surface area contributed by atoms with Crippen LogP contribution in [0.15, 0.2) is 4.52 Å². The quantitative estimate of drug-likeness (QED) is 0.730. The van der Waals surface area contributed by atoms with Gasteiger partial charge in [0.2, 0.25) is 5.89 Å². The minimum absolute atomic E-state index is 0.0661. The van der Waals surface area contributed by atoms with E-state index in [1.165, 1.54) is 0 Å². The van der Waals surface area contributed by atoms with E-state index in [2.05, 4.69) is 24.0 Å². The Labute approximate surface area is 108 Å². The first kappa shape index (κ1) is 14.7. The maximum absolute atomic E-state index is 11.9. The lowest BCUT2D eigenvalue weighted by atomic mass is 9.96. The zero-order valence-electron chi connectivity index (χ0n) is 11.8. The van der Waals surface area contributed by atoms with Gasteiger partial charge in [0.1, 0.15) is 5.92 Å². The lowest BCUT2D eigenvalue weighted by Gasteiger charge is -2.14. The number of hydrogen-bond acceptors (Lipinski definition) is 5. The summed E-state index contributed by atoms with van der Waals surface area (Å²) in [5, 5.41) is 3.91. The molecule has 0 aromatic carbocycles. The third-order valence-corrected chi connectivity index (χ3v) is 2.55. The predicted molar refractivity (Wildman–Crippen MR) is 67.1 cm³/mol. The van der Waals surface area contributed by atoms with Crippen molar-refractivity contribution in [1.29, 1.82) is 0 Å². The smallest absolute Gasteiger partial charge is 0.318 e. The maximum Gasteiger partial charge on any atom is 0.318 e. The third kappa shape index (κ3) is 3.82. The second-order valence-corrected chi connectivity index (χ2v) is 5.12. The Morgan fingerprint density at radius 1 is 1.33 bits per heavy atom.